The minimum atomic E-state index is 0.501. The fraction of sp³-hybridized carbons (Fsp3) is 0.100. The standard InChI is InChI=1S/C20H18ClN5O/c1-23-20-25-17-8-5-15(22)10-18(17)26(20)12-13-2-6-16(7-3-13)27-19-9-4-14(21)11-24-19/h2-11H,12,22H2,1H3,(H,23,25). The van der Waals surface area contributed by atoms with Gasteiger partial charge in [-0.3, -0.25) is 0 Å². The number of pyridine rings is 1. The average molecular weight is 380 g/mol. The van der Waals surface area contributed by atoms with Crippen LogP contribution < -0.4 is 15.8 Å². The highest BCUT2D eigenvalue weighted by atomic mass is 35.5. The van der Waals surface area contributed by atoms with Crippen LogP contribution in [0.2, 0.25) is 5.02 Å². The Hall–Kier alpha value is -3.25. The van der Waals surface area contributed by atoms with E-state index in [1.165, 1.54) is 0 Å². The van der Waals surface area contributed by atoms with Crippen LogP contribution in [-0.2, 0) is 6.54 Å². The van der Waals surface area contributed by atoms with Crippen LogP contribution in [0.1, 0.15) is 5.56 Å². The van der Waals surface area contributed by atoms with Crippen LogP contribution >= 0.6 is 11.6 Å². The molecule has 0 saturated carbocycles. The molecular weight excluding hydrogens is 362 g/mol. The summed E-state index contributed by atoms with van der Waals surface area (Å²) in [6, 6.07) is 17.1. The Labute approximate surface area is 161 Å². The summed E-state index contributed by atoms with van der Waals surface area (Å²) in [5.41, 5.74) is 9.67. The van der Waals surface area contributed by atoms with Crippen molar-refractivity contribution in [2.24, 2.45) is 0 Å². The lowest BCUT2D eigenvalue weighted by Gasteiger charge is -2.10. The lowest BCUT2D eigenvalue weighted by atomic mass is 10.2. The number of aromatic nitrogens is 3. The Kier molecular flexibility index (Phi) is 4.56. The van der Waals surface area contributed by atoms with Gasteiger partial charge in [0, 0.05) is 25.0 Å². The summed E-state index contributed by atoms with van der Waals surface area (Å²) in [6.45, 7) is 0.662. The van der Waals surface area contributed by atoms with Gasteiger partial charge in [-0.1, -0.05) is 23.7 Å². The van der Waals surface area contributed by atoms with Crippen LogP contribution in [0.15, 0.2) is 60.8 Å². The zero-order chi connectivity index (χ0) is 18.8. The molecule has 2 aromatic heterocycles. The summed E-state index contributed by atoms with van der Waals surface area (Å²) in [5.74, 6) is 2.00. The van der Waals surface area contributed by atoms with E-state index in [-0.39, 0.29) is 0 Å². The predicted octanol–water partition coefficient (Wildman–Crippen LogP) is 4.55. The van der Waals surface area contributed by atoms with Gasteiger partial charge < -0.3 is 20.4 Å². The van der Waals surface area contributed by atoms with Crippen molar-refractivity contribution >= 4 is 34.3 Å². The molecule has 0 amide bonds. The highest BCUT2D eigenvalue weighted by Gasteiger charge is 2.10. The highest BCUT2D eigenvalue weighted by Crippen LogP contribution is 2.25. The van der Waals surface area contributed by atoms with Gasteiger partial charge in [-0.15, -0.1) is 0 Å². The smallest absolute Gasteiger partial charge is 0.219 e. The van der Waals surface area contributed by atoms with Crippen molar-refractivity contribution in [3.63, 3.8) is 0 Å². The number of hydrogen-bond acceptors (Lipinski definition) is 5. The van der Waals surface area contributed by atoms with Crippen LogP contribution in [-0.4, -0.2) is 21.6 Å². The van der Waals surface area contributed by atoms with E-state index in [0.29, 0.717) is 28.9 Å². The molecule has 0 fully saturated rings. The molecule has 0 bridgehead atoms. The molecule has 3 N–H and O–H groups in total. The molecule has 0 radical (unpaired) electrons. The minimum absolute atomic E-state index is 0.501. The molecule has 0 atom stereocenters. The number of nitrogens with zero attached hydrogens (tertiary/aromatic N) is 3. The van der Waals surface area contributed by atoms with Crippen LogP contribution in [0.3, 0.4) is 0 Å². The number of anilines is 2. The number of imidazole rings is 1. The fourth-order valence-electron chi connectivity index (χ4n) is 2.88. The number of nitrogens with two attached hydrogens (primary N) is 1. The number of hydrogen-bond donors (Lipinski definition) is 2. The summed E-state index contributed by atoms with van der Waals surface area (Å²) < 4.78 is 7.84. The second-order valence-corrected chi connectivity index (χ2v) is 6.52. The van der Waals surface area contributed by atoms with Crippen LogP contribution in [0, 0.1) is 0 Å². The average Bonchev–Trinajstić information content (AvgIpc) is 3.02. The number of fused-ring (bicyclic) bond motifs is 1. The molecule has 7 heteroatoms. The van der Waals surface area contributed by atoms with Crippen LogP contribution in [0.25, 0.3) is 11.0 Å². The van der Waals surface area contributed by atoms with Crippen molar-refractivity contribution in [1.82, 2.24) is 14.5 Å². The Morgan fingerprint density at radius 1 is 1.11 bits per heavy atom. The molecule has 0 aliphatic carbocycles. The van der Waals surface area contributed by atoms with E-state index in [9.17, 15) is 0 Å². The maximum absolute atomic E-state index is 5.95. The maximum atomic E-state index is 5.95. The molecule has 27 heavy (non-hydrogen) atoms. The van der Waals surface area contributed by atoms with Gasteiger partial charge in [0.05, 0.1) is 22.6 Å². The second-order valence-electron chi connectivity index (χ2n) is 6.08. The summed E-state index contributed by atoms with van der Waals surface area (Å²) in [6.07, 6.45) is 1.56. The monoisotopic (exact) mass is 379 g/mol. The molecule has 0 aliphatic rings. The number of nitrogen functional groups attached to an aromatic ring is 1. The normalized spacial score (nSPS) is 10.9. The Balaban J connectivity index is 1.57. The molecule has 4 rings (SSSR count). The van der Waals surface area contributed by atoms with E-state index < -0.39 is 0 Å². The van der Waals surface area contributed by atoms with Crippen molar-refractivity contribution in [2.45, 2.75) is 6.54 Å². The van der Waals surface area contributed by atoms with Gasteiger partial charge in [0.2, 0.25) is 11.8 Å². The quantitative estimate of drug-likeness (QED) is 0.497. The Morgan fingerprint density at radius 2 is 1.93 bits per heavy atom. The molecule has 2 aromatic carbocycles. The Morgan fingerprint density at radius 3 is 2.63 bits per heavy atom. The van der Waals surface area contributed by atoms with Gasteiger partial charge in [-0.25, -0.2) is 9.97 Å². The van der Waals surface area contributed by atoms with Gasteiger partial charge in [0.15, 0.2) is 0 Å². The van der Waals surface area contributed by atoms with Crippen molar-refractivity contribution < 1.29 is 4.74 Å². The zero-order valence-corrected chi connectivity index (χ0v) is 15.4. The molecule has 0 saturated heterocycles. The minimum Gasteiger partial charge on any atom is -0.439 e. The lowest BCUT2D eigenvalue weighted by molar-refractivity contribution is 0.463. The molecule has 136 valence electrons. The van der Waals surface area contributed by atoms with Crippen molar-refractivity contribution in [3.05, 3.63) is 71.4 Å². The van der Waals surface area contributed by atoms with E-state index in [2.05, 4.69) is 19.9 Å². The van der Waals surface area contributed by atoms with E-state index >= 15 is 0 Å². The van der Waals surface area contributed by atoms with Gasteiger partial charge in [-0.2, -0.15) is 0 Å². The number of benzene rings is 2. The lowest BCUT2D eigenvalue weighted by Crippen LogP contribution is -2.05. The van der Waals surface area contributed by atoms with Crippen LogP contribution in [0.5, 0.6) is 11.6 Å². The summed E-state index contributed by atoms with van der Waals surface area (Å²) in [7, 11) is 1.86. The van der Waals surface area contributed by atoms with E-state index in [1.807, 2.05) is 49.5 Å². The third-order valence-electron chi connectivity index (χ3n) is 4.18. The highest BCUT2D eigenvalue weighted by molar-refractivity contribution is 6.30. The molecular formula is C20H18ClN5O. The molecule has 0 spiro atoms. The largest absolute Gasteiger partial charge is 0.439 e. The maximum Gasteiger partial charge on any atom is 0.219 e. The third-order valence-corrected chi connectivity index (χ3v) is 4.41. The summed E-state index contributed by atoms with van der Waals surface area (Å²) >= 11 is 5.84. The topological polar surface area (TPSA) is 78.0 Å². The summed E-state index contributed by atoms with van der Waals surface area (Å²) in [4.78, 5) is 8.74. The number of ether oxygens (including phenoxy) is 1. The first-order valence-corrected chi connectivity index (χ1v) is 8.82. The first-order valence-electron chi connectivity index (χ1n) is 8.44. The van der Waals surface area contributed by atoms with Crippen molar-refractivity contribution in [3.8, 4) is 11.6 Å². The molecule has 0 aliphatic heterocycles. The second kappa shape index (κ2) is 7.17. The zero-order valence-electron chi connectivity index (χ0n) is 14.7. The SMILES string of the molecule is CNc1nc2ccc(N)cc2n1Cc1ccc(Oc2ccc(Cl)cn2)cc1. The van der Waals surface area contributed by atoms with E-state index in [1.54, 1.807) is 18.3 Å². The van der Waals surface area contributed by atoms with Crippen molar-refractivity contribution in [1.29, 1.82) is 0 Å². The number of nitrogens with one attached hydrogen (secondary N) is 1. The molecule has 4 aromatic rings. The Bertz CT molecular complexity index is 1070. The first kappa shape index (κ1) is 17.2. The number of rotatable bonds is 5. The number of halogens is 1. The first-order chi connectivity index (χ1) is 13.1. The molecule has 0 unspecified atom stereocenters. The van der Waals surface area contributed by atoms with Crippen molar-refractivity contribution in [2.75, 3.05) is 18.1 Å². The van der Waals surface area contributed by atoms with E-state index in [4.69, 9.17) is 22.1 Å². The third kappa shape index (κ3) is 3.66. The predicted molar refractivity (Wildman–Crippen MR) is 109 cm³/mol. The van der Waals surface area contributed by atoms with Gasteiger partial charge in [-0.05, 0) is 42.0 Å². The molecule has 2 heterocycles. The van der Waals surface area contributed by atoms with Gasteiger partial charge in [0.1, 0.15) is 5.75 Å². The van der Waals surface area contributed by atoms with E-state index in [0.717, 1.165) is 22.5 Å². The van der Waals surface area contributed by atoms with Crippen LogP contribution in [0.4, 0.5) is 11.6 Å². The summed E-state index contributed by atoms with van der Waals surface area (Å²) in [5, 5.41) is 3.72. The fourth-order valence-corrected chi connectivity index (χ4v) is 2.99. The van der Waals surface area contributed by atoms with Gasteiger partial charge >= 0.3 is 0 Å². The molecule has 6 nitrogen and oxygen atoms in total. The van der Waals surface area contributed by atoms with Gasteiger partial charge in [0.25, 0.3) is 0 Å².